The van der Waals surface area contributed by atoms with Gasteiger partial charge in [-0.2, -0.15) is 0 Å². The number of hydrogen-bond donors (Lipinski definition) is 0. The Balaban J connectivity index is 1.45. The first-order valence-electron chi connectivity index (χ1n) is 12.3. The number of fused-ring (bicyclic) bond motifs is 1. The smallest absolute Gasteiger partial charge is 0.266 e. The summed E-state index contributed by atoms with van der Waals surface area (Å²) in [5.74, 6) is 0.111. The predicted octanol–water partition coefficient (Wildman–Crippen LogP) is 4.60. The second-order valence-corrected chi connectivity index (χ2v) is 10.9. The fourth-order valence-electron chi connectivity index (χ4n) is 5.17. The number of nitrogens with zero attached hydrogens (tertiary/aromatic N) is 3. The standard InChI is InChI=1S/C26H31N3O3S2/c1-2-18-8-6-10-21-19(15-28(24(18)21)17-23(30)27-11-4-3-5-12-27)14-22-25(31)29(26(33)34-22)16-20-9-7-13-32-20/h6,8,10,14-15,20H,2-5,7,9,11-13,16-17H2,1H3/b22-14-/t20-/m0/s1. The average Bonchev–Trinajstić information content (AvgIpc) is 3.56. The minimum atomic E-state index is -0.0533. The lowest BCUT2D eigenvalue weighted by molar-refractivity contribution is -0.132. The number of aryl methyl sites for hydroxylation is 1. The van der Waals surface area contributed by atoms with Gasteiger partial charge in [0.05, 0.1) is 23.1 Å². The normalized spacial score (nSPS) is 22.5. The van der Waals surface area contributed by atoms with E-state index in [1.807, 2.05) is 17.2 Å². The summed E-state index contributed by atoms with van der Waals surface area (Å²) in [5, 5.41) is 1.06. The molecule has 5 rings (SSSR count). The molecule has 3 aliphatic heterocycles. The van der Waals surface area contributed by atoms with Gasteiger partial charge in [-0.25, -0.2) is 0 Å². The van der Waals surface area contributed by atoms with Crippen molar-refractivity contribution in [3.63, 3.8) is 0 Å². The van der Waals surface area contributed by atoms with Gasteiger partial charge in [0.15, 0.2) is 0 Å². The Labute approximate surface area is 210 Å². The number of aromatic nitrogens is 1. The molecule has 0 aliphatic carbocycles. The van der Waals surface area contributed by atoms with Crippen LogP contribution in [-0.2, 0) is 27.3 Å². The molecular weight excluding hydrogens is 466 g/mol. The van der Waals surface area contributed by atoms with Crippen LogP contribution < -0.4 is 0 Å². The van der Waals surface area contributed by atoms with Crippen LogP contribution in [-0.4, -0.2) is 62.8 Å². The largest absolute Gasteiger partial charge is 0.376 e. The van der Waals surface area contributed by atoms with E-state index in [-0.39, 0.29) is 17.9 Å². The highest BCUT2D eigenvalue weighted by molar-refractivity contribution is 8.26. The van der Waals surface area contributed by atoms with Crippen LogP contribution in [0.25, 0.3) is 17.0 Å². The molecule has 3 aliphatic rings. The fraction of sp³-hybridized carbons (Fsp3) is 0.500. The van der Waals surface area contributed by atoms with Gasteiger partial charge in [-0.15, -0.1) is 0 Å². The van der Waals surface area contributed by atoms with E-state index in [0.29, 0.717) is 22.3 Å². The quantitative estimate of drug-likeness (QED) is 0.431. The van der Waals surface area contributed by atoms with Crippen LogP contribution in [0.2, 0.25) is 0 Å². The molecule has 0 bridgehead atoms. The van der Waals surface area contributed by atoms with E-state index >= 15 is 0 Å². The highest BCUT2D eigenvalue weighted by atomic mass is 32.2. The summed E-state index contributed by atoms with van der Waals surface area (Å²) >= 11 is 6.89. The molecule has 8 heteroatoms. The lowest BCUT2D eigenvalue weighted by Gasteiger charge is -2.27. The van der Waals surface area contributed by atoms with Crippen molar-refractivity contribution in [1.82, 2.24) is 14.4 Å². The van der Waals surface area contributed by atoms with E-state index < -0.39 is 0 Å². The van der Waals surface area contributed by atoms with Crippen molar-refractivity contribution < 1.29 is 14.3 Å². The zero-order valence-electron chi connectivity index (χ0n) is 19.6. The molecule has 6 nitrogen and oxygen atoms in total. The second kappa shape index (κ2) is 10.2. The Morgan fingerprint density at radius 1 is 1.24 bits per heavy atom. The van der Waals surface area contributed by atoms with E-state index in [1.54, 1.807) is 4.90 Å². The molecule has 0 radical (unpaired) electrons. The molecular formula is C26H31N3O3S2. The Bertz CT molecular complexity index is 1140. The van der Waals surface area contributed by atoms with Gasteiger partial charge in [-0.1, -0.05) is 49.1 Å². The molecule has 3 fully saturated rings. The van der Waals surface area contributed by atoms with Crippen molar-refractivity contribution in [2.75, 3.05) is 26.2 Å². The summed E-state index contributed by atoms with van der Waals surface area (Å²) in [6, 6.07) is 6.25. The van der Waals surface area contributed by atoms with Crippen LogP contribution in [0.15, 0.2) is 29.3 Å². The van der Waals surface area contributed by atoms with Gasteiger partial charge in [0.2, 0.25) is 5.91 Å². The molecule has 0 unspecified atom stereocenters. The van der Waals surface area contributed by atoms with Gasteiger partial charge in [0, 0.05) is 36.8 Å². The van der Waals surface area contributed by atoms with Crippen molar-refractivity contribution in [2.24, 2.45) is 0 Å². The maximum absolute atomic E-state index is 13.2. The molecule has 0 saturated carbocycles. The number of rotatable bonds is 6. The first-order valence-corrected chi connectivity index (χ1v) is 13.5. The van der Waals surface area contributed by atoms with Gasteiger partial charge in [0.25, 0.3) is 5.91 Å². The molecule has 4 heterocycles. The highest BCUT2D eigenvalue weighted by Crippen LogP contribution is 2.36. The summed E-state index contributed by atoms with van der Waals surface area (Å²) in [6.07, 6.45) is 10.3. The number of hydrogen-bond acceptors (Lipinski definition) is 5. The third-order valence-corrected chi connectivity index (χ3v) is 8.36. The average molecular weight is 498 g/mol. The third-order valence-electron chi connectivity index (χ3n) is 6.98. The number of carbonyl (C=O) groups excluding carboxylic acids is 2. The highest BCUT2D eigenvalue weighted by Gasteiger charge is 2.35. The molecule has 2 amide bonds. The number of para-hydroxylation sites is 1. The molecule has 0 N–H and O–H groups in total. The Kier molecular flexibility index (Phi) is 7.09. The van der Waals surface area contributed by atoms with Crippen LogP contribution in [0.4, 0.5) is 0 Å². The maximum Gasteiger partial charge on any atom is 0.266 e. The summed E-state index contributed by atoms with van der Waals surface area (Å²) < 4.78 is 8.38. The van der Waals surface area contributed by atoms with Gasteiger partial charge < -0.3 is 14.2 Å². The zero-order chi connectivity index (χ0) is 23.7. The molecule has 2 aromatic rings. The SMILES string of the molecule is CCc1cccc2c(/C=C3\SC(=S)N(C[C@@H]4CCCO4)C3=O)cn(CC(=O)N3CCCCC3)c12. The molecule has 3 saturated heterocycles. The van der Waals surface area contributed by atoms with E-state index in [9.17, 15) is 9.59 Å². The first-order chi connectivity index (χ1) is 16.5. The number of thioether (sulfide) groups is 1. The van der Waals surface area contributed by atoms with Gasteiger partial charge in [0.1, 0.15) is 10.9 Å². The van der Waals surface area contributed by atoms with Crippen molar-refractivity contribution in [1.29, 1.82) is 0 Å². The van der Waals surface area contributed by atoms with Gasteiger partial charge in [-0.05, 0) is 50.2 Å². The second-order valence-electron chi connectivity index (χ2n) is 9.25. The molecule has 180 valence electrons. The Hall–Kier alpha value is -2.16. The summed E-state index contributed by atoms with van der Waals surface area (Å²) in [6.45, 7) is 5.42. The molecule has 1 aromatic heterocycles. The van der Waals surface area contributed by atoms with E-state index in [1.165, 1.54) is 23.7 Å². The van der Waals surface area contributed by atoms with E-state index in [2.05, 4.69) is 29.7 Å². The van der Waals surface area contributed by atoms with Crippen LogP contribution in [0.3, 0.4) is 0 Å². The third kappa shape index (κ3) is 4.68. The number of ether oxygens (including phenoxy) is 1. The summed E-state index contributed by atoms with van der Waals surface area (Å²) in [7, 11) is 0. The minimum Gasteiger partial charge on any atom is -0.376 e. The molecule has 0 spiro atoms. The van der Waals surface area contributed by atoms with Crippen LogP contribution in [0.1, 0.15) is 50.2 Å². The number of piperidine rings is 1. The number of benzene rings is 1. The molecule has 1 atom stereocenters. The summed E-state index contributed by atoms with van der Waals surface area (Å²) in [4.78, 5) is 30.5. The van der Waals surface area contributed by atoms with Crippen molar-refractivity contribution in [3.8, 4) is 0 Å². The van der Waals surface area contributed by atoms with Gasteiger partial charge in [-0.3, -0.25) is 14.5 Å². The summed E-state index contributed by atoms with van der Waals surface area (Å²) in [5.41, 5.74) is 3.24. The van der Waals surface area contributed by atoms with Crippen molar-refractivity contribution in [2.45, 2.75) is 58.1 Å². The van der Waals surface area contributed by atoms with Crippen molar-refractivity contribution in [3.05, 3.63) is 40.4 Å². The number of thiocarbonyl (C=S) groups is 1. The Morgan fingerprint density at radius 2 is 2.06 bits per heavy atom. The number of carbonyl (C=O) groups is 2. The Morgan fingerprint density at radius 3 is 2.79 bits per heavy atom. The number of likely N-dealkylation sites (tertiary alicyclic amines) is 1. The van der Waals surface area contributed by atoms with Gasteiger partial charge >= 0.3 is 0 Å². The maximum atomic E-state index is 13.2. The van der Waals surface area contributed by atoms with Crippen LogP contribution in [0, 0.1) is 0 Å². The minimum absolute atomic E-state index is 0.0533. The number of amides is 2. The molecule has 1 aromatic carbocycles. The van der Waals surface area contributed by atoms with Crippen molar-refractivity contribution >= 4 is 57.1 Å². The predicted molar refractivity (Wildman–Crippen MR) is 141 cm³/mol. The monoisotopic (exact) mass is 497 g/mol. The van der Waals surface area contributed by atoms with E-state index in [4.69, 9.17) is 17.0 Å². The van der Waals surface area contributed by atoms with E-state index in [0.717, 1.165) is 68.3 Å². The fourth-order valence-corrected chi connectivity index (χ4v) is 6.44. The lowest BCUT2D eigenvalue weighted by atomic mass is 10.1. The topological polar surface area (TPSA) is 54.8 Å². The zero-order valence-corrected chi connectivity index (χ0v) is 21.3. The van der Waals surface area contributed by atoms with Crippen LogP contribution >= 0.6 is 24.0 Å². The molecule has 34 heavy (non-hydrogen) atoms. The lowest BCUT2D eigenvalue weighted by Crippen LogP contribution is -2.37. The van der Waals surface area contributed by atoms with Crippen LogP contribution in [0.5, 0.6) is 0 Å². The first kappa shape index (κ1) is 23.6.